The van der Waals surface area contributed by atoms with Crippen LogP contribution in [0.15, 0.2) is 23.8 Å². The van der Waals surface area contributed by atoms with Crippen LogP contribution in [-0.4, -0.2) is 48.1 Å². The van der Waals surface area contributed by atoms with E-state index < -0.39 is 11.9 Å². The van der Waals surface area contributed by atoms with Crippen LogP contribution in [0.25, 0.3) is 5.57 Å². The maximum atomic E-state index is 13.3. The Bertz CT molecular complexity index is 804. The first kappa shape index (κ1) is 20.3. The quantitative estimate of drug-likeness (QED) is 0.750. The van der Waals surface area contributed by atoms with Crippen LogP contribution < -0.4 is 4.74 Å². The number of carbonyl (C=O) groups is 1. The molecule has 4 rings (SSSR count). The van der Waals surface area contributed by atoms with Crippen molar-refractivity contribution in [3.63, 3.8) is 0 Å². The Morgan fingerprint density at radius 2 is 1.97 bits per heavy atom. The van der Waals surface area contributed by atoms with Crippen LogP contribution in [0.4, 0.5) is 8.78 Å². The fourth-order valence-corrected chi connectivity index (χ4v) is 4.70. The van der Waals surface area contributed by atoms with E-state index in [-0.39, 0.29) is 24.7 Å². The van der Waals surface area contributed by atoms with Crippen LogP contribution in [0.2, 0.25) is 0 Å². The van der Waals surface area contributed by atoms with Crippen molar-refractivity contribution in [2.45, 2.75) is 51.4 Å². The molecule has 6 heteroatoms. The van der Waals surface area contributed by atoms with Gasteiger partial charge in [0.2, 0.25) is 5.92 Å². The first-order valence-corrected chi connectivity index (χ1v) is 10.6. The highest BCUT2D eigenvalue weighted by Gasteiger charge is 2.35. The minimum atomic E-state index is -2.49. The topological polar surface area (TPSA) is 49.8 Å². The average molecular weight is 405 g/mol. The van der Waals surface area contributed by atoms with E-state index in [1.165, 1.54) is 22.3 Å². The molecule has 2 aliphatic carbocycles. The van der Waals surface area contributed by atoms with Gasteiger partial charge in [-0.15, -0.1) is 0 Å². The van der Waals surface area contributed by atoms with Gasteiger partial charge in [-0.3, -0.25) is 9.69 Å². The number of likely N-dealkylation sites (tertiary alicyclic amines) is 1. The van der Waals surface area contributed by atoms with Crippen LogP contribution in [0, 0.1) is 11.8 Å². The summed E-state index contributed by atoms with van der Waals surface area (Å²) in [5, 5.41) is 9.03. The van der Waals surface area contributed by atoms with E-state index in [9.17, 15) is 13.6 Å². The highest BCUT2D eigenvalue weighted by atomic mass is 19.3. The molecule has 0 spiro atoms. The lowest BCUT2D eigenvalue weighted by Gasteiger charge is -2.38. The first-order chi connectivity index (χ1) is 13.8. The third kappa shape index (κ3) is 4.63. The van der Waals surface area contributed by atoms with Crippen molar-refractivity contribution >= 4 is 11.5 Å². The Morgan fingerprint density at radius 1 is 1.24 bits per heavy atom. The van der Waals surface area contributed by atoms with Crippen LogP contribution in [0.5, 0.6) is 5.75 Å². The molecule has 4 nitrogen and oxygen atoms in total. The molecule has 0 radical (unpaired) electrons. The fourth-order valence-electron chi connectivity index (χ4n) is 4.70. The summed E-state index contributed by atoms with van der Waals surface area (Å²) in [6.45, 7) is 4.77. The maximum Gasteiger partial charge on any atom is 0.309 e. The molecule has 1 saturated carbocycles. The van der Waals surface area contributed by atoms with E-state index in [0.29, 0.717) is 32.5 Å². The summed E-state index contributed by atoms with van der Waals surface area (Å²) in [7, 11) is 0. The number of allylic oxidation sites excluding steroid dienone is 1. The summed E-state index contributed by atoms with van der Waals surface area (Å²) in [5.74, 6) is -2.37. The number of halogens is 2. The Balaban J connectivity index is 1.34. The molecular weight excluding hydrogens is 376 g/mol. The van der Waals surface area contributed by atoms with Crippen molar-refractivity contribution in [2.75, 3.05) is 26.2 Å². The Labute approximate surface area is 170 Å². The molecule has 29 heavy (non-hydrogen) atoms. The van der Waals surface area contributed by atoms with E-state index in [2.05, 4.69) is 24.0 Å². The van der Waals surface area contributed by atoms with E-state index in [4.69, 9.17) is 9.84 Å². The summed E-state index contributed by atoms with van der Waals surface area (Å²) in [6, 6.07) is 6.17. The largest absolute Gasteiger partial charge is 0.493 e. The number of rotatable bonds is 6. The number of fused-ring (bicyclic) bond motifs is 1. The minimum absolute atomic E-state index is 0.0256. The van der Waals surface area contributed by atoms with Gasteiger partial charge in [-0.25, -0.2) is 8.78 Å². The first-order valence-electron chi connectivity index (χ1n) is 10.6. The lowest BCUT2D eigenvalue weighted by Crippen LogP contribution is -2.50. The lowest BCUT2D eigenvalue weighted by molar-refractivity contribution is -0.147. The summed E-state index contributed by atoms with van der Waals surface area (Å²) in [6.07, 6.45) is 2.94. The molecule has 0 unspecified atom stereocenters. The number of aliphatic carboxylic acids is 1. The minimum Gasteiger partial charge on any atom is -0.493 e. The third-order valence-electron chi connectivity index (χ3n) is 6.75. The summed E-state index contributed by atoms with van der Waals surface area (Å²) in [5.41, 5.74) is 5.18. The molecule has 1 N–H and O–H groups in total. The van der Waals surface area contributed by atoms with E-state index >= 15 is 0 Å². The van der Waals surface area contributed by atoms with Gasteiger partial charge in [0.25, 0.3) is 0 Å². The number of nitrogens with zero attached hydrogens (tertiary/aromatic N) is 1. The van der Waals surface area contributed by atoms with Gasteiger partial charge in [0, 0.05) is 32.5 Å². The Kier molecular flexibility index (Phi) is 5.65. The molecule has 1 aromatic carbocycles. The molecular formula is C23H29F2NO3. The van der Waals surface area contributed by atoms with E-state index in [0.717, 1.165) is 25.1 Å². The number of hydrogen-bond donors (Lipinski definition) is 1. The number of benzene rings is 1. The summed E-state index contributed by atoms with van der Waals surface area (Å²) in [4.78, 5) is 13.2. The molecule has 0 aromatic heterocycles. The van der Waals surface area contributed by atoms with Gasteiger partial charge in [0.05, 0.1) is 12.5 Å². The van der Waals surface area contributed by atoms with Crippen molar-refractivity contribution in [3.05, 3.63) is 34.9 Å². The van der Waals surface area contributed by atoms with E-state index in [1.54, 1.807) is 0 Å². The van der Waals surface area contributed by atoms with Crippen molar-refractivity contribution < 1.29 is 23.4 Å². The molecule has 3 aliphatic rings. The number of aryl methyl sites for hydroxylation is 1. The highest BCUT2D eigenvalue weighted by Crippen LogP contribution is 2.37. The monoisotopic (exact) mass is 405 g/mol. The predicted molar refractivity (Wildman–Crippen MR) is 107 cm³/mol. The van der Waals surface area contributed by atoms with Crippen molar-refractivity contribution in [1.29, 1.82) is 0 Å². The molecule has 0 atom stereocenters. The molecule has 1 aliphatic heterocycles. The second-order valence-corrected chi connectivity index (χ2v) is 8.89. The van der Waals surface area contributed by atoms with Gasteiger partial charge < -0.3 is 9.84 Å². The van der Waals surface area contributed by atoms with Gasteiger partial charge in [0.1, 0.15) is 5.75 Å². The van der Waals surface area contributed by atoms with Gasteiger partial charge in [-0.1, -0.05) is 11.6 Å². The van der Waals surface area contributed by atoms with Crippen LogP contribution >= 0.6 is 0 Å². The predicted octanol–water partition coefficient (Wildman–Crippen LogP) is 4.63. The second kappa shape index (κ2) is 8.05. The molecule has 2 fully saturated rings. The molecule has 1 heterocycles. The number of ether oxygens (including phenoxy) is 1. The van der Waals surface area contributed by atoms with Gasteiger partial charge in [-0.2, -0.15) is 0 Å². The fraction of sp³-hybridized carbons (Fsp3) is 0.609. The normalized spacial score (nSPS) is 22.9. The van der Waals surface area contributed by atoms with Crippen molar-refractivity contribution in [3.8, 4) is 5.75 Å². The highest BCUT2D eigenvalue weighted by molar-refractivity contribution is 5.73. The Hall–Kier alpha value is -1.95. The molecule has 1 aromatic rings. The van der Waals surface area contributed by atoms with Gasteiger partial charge in [-0.05, 0) is 67.4 Å². The lowest BCUT2D eigenvalue weighted by atomic mass is 9.85. The maximum absolute atomic E-state index is 13.3. The zero-order valence-corrected chi connectivity index (χ0v) is 16.9. The van der Waals surface area contributed by atoms with Crippen LogP contribution in [-0.2, 0) is 11.2 Å². The molecule has 0 amide bonds. The second-order valence-electron chi connectivity index (χ2n) is 8.89. The molecule has 158 valence electrons. The van der Waals surface area contributed by atoms with E-state index in [1.807, 2.05) is 6.07 Å². The number of carboxylic acid groups (broad SMARTS) is 1. The molecule has 1 saturated heterocycles. The Morgan fingerprint density at radius 3 is 2.66 bits per heavy atom. The third-order valence-corrected chi connectivity index (χ3v) is 6.75. The summed E-state index contributed by atoms with van der Waals surface area (Å²) < 4.78 is 32.5. The summed E-state index contributed by atoms with van der Waals surface area (Å²) >= 11 is 0. The number of alkyl halides is 2. The van der Waals surface area contributed by atoms with Crippen molar-refractivity contribution in [1.82, 2.24) is 4.90 Å². The zero-order chi connectivity index (χ0) is 20.6. The standard InChI is InChI=1S/C23H29F2NO3/c1-15-18(11-26-12-19(13-26)22(27)28)3-2-17-10-20(4-5-21(15)17)29-14-16-6-8-23(24,25)9-7-16/h4-5,10,16,19H,2-3,6-9,11-14H2,1H3,(H,27,28). The number of hydrogen-bond acceptors (Lipinski definition) is 3. The molecule has 0 bridgehead atoms. The van der Waals surface area contributed by atoms with Crippen molar-refractivity contribution in [2.24, 2.45) is 11.8 Å². The van der Waals surface area contributed by atoms with Gasteiger partial charge in [0.15, 0.2) is 0 Å². The number of carboxylic acids is 1. The van der Waals surface area contributed by atoms with Gasteiger partial charge >= 0.3 is 5.97 Å². The smallest absolute Gasteiger partial charge is 0.309 e. The van der Waals surface area contributed by atoms with Crippen LogP contribution in [0.3, 0.4) is 0 Å². The SMILES string of the molecule is CC1=C(CN2CC(C(=O)O)C2)CCc2cc(OCC3CCC(F)(F)CC3)ccc21. The van der Waals surface area contributed by atoms with Crippen LogP contribution in [0.1, 0.15) is 50.2 Å². The average Bonchev–Trinajstić information content (AvgIpc) is 2.64. The zero-order valence-electron chi connectivity index (χ0n) is 16.9.